The van der Waals surface area contributed by atoms with Crippen LogP contribution in [0.5, 0.6) is 0 Å². The van der Waals surface area contributed by atoms with Gasteiger partial charge in [-0.3, -0.25) is 10.1 Å². The van der Waals surface area contributed by atoms with E-state index in [9.17, 15) is 14.9 Å². The summed E-state index contributed by atoms with van der Waals surface area (Å²) < 4.78 is 0. The molecule has 4 heteroatoms. The van der Waals surface area contributed by atoms with E-state index in [0.717, 1.165) is 16.7 Å². The first kappa shape index (κ1) is 11.8. The predicted octanol–water partition coefficient (Wildman–Crippen LogP) is 3.11. The van der Waals surface area contributed by atoms with Gasteiger partial charge in [0.2, 0.25) is 0 Å². The molecule has 2 rings (SSSR count). The van der Waals surface area contributed by atoms with Gasteiger partial charge >= 0.3 is 0 Å². The summed E-state index contributed by atoms with van der Waals surface area (Å²) in [6, 6.07) is 13.5. The predicted molar refractivity (Wildman–Crippen MR) is 68.7 cm³/mol. The number of hydrogen-bond acceptors (Lipinski definition) is 3. The van der Waals surface area contributed by atoms with Gasteiger partial charge in [0.15, 0.2) is 0 Å². The Kier molecular flexibility index (Phi) is 3.32. The van der Waals surface area contributed by atoms with Gasteiger partial charge in [-0.15, -0.1) is 0 Å². The van der Waals surface area contributed by atoms with Crippen LogP contribution < -0.4 is 0 Å². The molecular formula is C14H9NO3. The average Bonchev–Trinajstić information content (AvgIpc) is 2.40. The van der Waals surface area contributed by atoms with Gasteiger partial charge in [0.05, 0.1) is 4.92 Å². The molecule has 0 saturated carbocycles. The number of nitro groups is 1. The molecule has 0 aliphatic heterocycles. The quantitative estimate of drug-likeness (QED) is 0.469. The van der Waals surface area contributed by atoms with Crippen LogP contribution >= 0.6 is 0 Å². The topological polar surface area (TPSA) is 60.2 Å². The van der Waals surface area contributed by atoms with Crippen LogP contribution in [0.15, 0.2) is 48.5 Å². The van der Waals surface area contributed by atoms with Crippen LogP contribution in [0.3, 0.4) is 0 Å². The van der Waals surface area contributed by atoms with Crippen LogP contribution in [-0.2, 0) is 4.79 Å². The molecule has 0 heterocycles. The highest BCUT2D eigenvalue weighted by Crippen LogP contribution is 2.26. The van der Waals surface area contributed by atoms with Crippen LogP contribution in [0.2, 0.25) is 0 Å². The van der Waals surface area contributed by atoms with Gasteiger partial charge in [-0.25, -0.2) is 4.79 Å². The van der Waals surface area contributed by atoms with E-state index in [4.69, 9.17) is 0 Å². The van der Waals surface area contributed by atoms with Crippen molar-refractivity contribution in [2.75, 3.05) is 0 Å². The Balaban J connectivity index is 2.48. The van der Waals surface area contributed by atoms with Crippen LogP contribution in [0.4, 0.5) is 5.69 Å². The van der Waals surface area contributed by atoms with E-state index in [1.54, 1.807) is 24.1 Å². The highest BCUT2D eigenvalue weighted by molar-refractivity contribution is 5.84. The third kappa shape index (κ3) is 2.34. The van der Waals surface area contributed by atoms with Crippen molar-refractivity contribution in [1.29, 1.82) is 0 Å². The molecule has 0 saturated heterocycles. The summed E-state index contributed by atoms with van der Waals surface area (Å²) in [4.78, 5) is 20.6. The molecule has 4 nitrogen and oxygen atoms in total. The summed E-state index contributed by atoms with van der Waals surface area (Å²) in [5.41, 5.74) is 2.45. The lowest BCUT2D eigenvalue weighted by Crippen LogP contribution is -1.88. The van der Waals surface area contributed by atoms with E-state index in [1.165, 1.54) is 18.2 Å². The molecule has 0 bridgehead atoms. The maximum atomic E-state index is 10.6. The first-order chi connectivity index (χ1) is 8.72. The Labute approximate surface area is 103 Å². The lowest BCUT2D eigenvalue weighted by molar-refractivity contribution is -0.384. The monoisotopic (exact) mass is 239 g/mol. The smallest absolute Gasteiger partial charge is 0.258 e. The largest absolute Gasteiger partial charge is 0.269 e. The van der Waals surface area contributed by atoms with Gasteiger partial charge in [0.25, 0.3) is 5.69 Å². The minimum atomic E-state index is -0.443. The van der Waals surface area contributed by atoms with Crippen LogP contribution in [0.1, 0.15) is 5.56 Å². The molecule has 0 aliphatic carbocycles. The zero-order chi connectivity index (χ0) is 13.0. The Morgan fingerprint density at radius 1 is 1.06 bits per heavy atom. The summed E-state index contributed by atoms with van der Waals surface area (Å²) in [7, 11) is 0. The fourth-order valence-electron chi connectivity index (χ4n) is 1.71. The molecule has 88 valence electrons. The Bertz CT molecular complexity index is 626. The van der Waals surface area contributed by atoms with Gasteiger partial charge < -0.3 is 0 Å². The average molecular weight is 239 g/mol. The second-order valence-corrected chi connectivity index (χ2v) is 3.65. The first-order valence-electron chi connectivity index (χ1n) is 5.27. The molecule has 0 atom stereocenters. The van der Waals surface area contributed by atoms with Gasteiger partial charge in [-0.05, 0) is 28.8 Å². The fourth-order valence-corrected chi connectivity index (χ4v) is 1.71. The summed E-state index contributed by atoms with van der Waals surface area (Å²) >= 11 is 0. The van der Waals surface area contributed by atoms with Gasteiger partial charge in [0.1, 0.15) is 5.94 Å². The molecule has 18 heavy (non-hydrogen) atoms. The van der Waals surface area contributed by atoms with E-state index < -0.39 is 4.92 Å². The van der Waals surface area contributed by atoms with E-state index >= 15 is 0 Å². The number of benzene rings is 2. The molecular weight excluding hydrogens is 230 g/mol. The Morgan fingerprint density at radius 2 is 1.72 bits per heavy atom. The molecule has 0 spiro atoms. The third-order valence-corrected chi connectivity index (χ3v) is 2.56. The number of nitro benzene ring substituents is 1. The number of carbonyl (C=O) groups excluding carboxylic acids is 1. The normalized spacial score (nSPS) is 9.56. The minimum absolute atomic E-state index is 0.0437. The van der Waals surface area contributed by atoms with Gasteiger partial charge in [-0.2, -0.15) is 0 Å². The fraction of sp³-hybridized carbons (Fsp3) is 0. The molecule has 2 aromatic carbocycles. The van der Waals surface area contributed by atoms with Crippen molar-refractivity contribution in [3.63, 3.8) is 0 Å². The second kappa shape index (κ2) is 5.08. The van der Waals surface area contributed by atoms with E-state index in [-0.39, 0.29) is 5.69 Å². The number of rotatable bonds is 3. The molecule has 2 aromatic rings. The number of nitrogens with zero attached hydrogens (tertiary/aromatic N) is 1. The maximum Gasteiger partial charge on any atom is 0.269 e. The van der Waals surface area contributed by atoms with Crippen molar-refractivity contribution in [1.82, 2.24) is 0 Å². The lowest BCUT2D eigenvalue weighted by atomic mass is 9.99. The standard InChI is InChI=1S/C14H9NO3/c16-10-9-11-3-1-2-4-14(11)12-5-7-13(8-6-12)15(17)18/h1-9H. The Hall–Kier alpha value is -2.71. The summed E-state index contributed by atoms with van der Waals surface area (Å²) in [6.45, 7) is 0. The van der Waals surface area contributed by atoms with Crippen molar-refractivity contribution in [2.45, 2.75) is 0 Å². The molecule has 0 aromatic heterocycles. The third-order valence-electron chi connectivity index (χ3n) is 2.56. The van der Waals surface area contributed by atoms with E-state index in [1.807, 2.05) is 18.2 Å². The van der Waals surface area contributed by atoms with Crippen molar-refractivity contribution < 1.29 is 9.72 Å². The van der Waals surface area contributed by atoms with Crippen molar-refractivity contribution in [3.8, 4) is 11.1 Å². The highest BCUT2D eigenvalue weighted by Gasteiger charge is 2.06. The maximum absolute atomic E-state index is 10.6. The molecule has 0 aliphatic rings. The van der Waals surface area contributed by atoms with Crippen molar-refractivity contribution in [2.24, 2.45) is 0 Å². The second-order valence-electron chi connectivity index (χ2n) is 3.65. The molecule has 0 unspecified atom stereocenters. The number of non-ortho nitro benzene ring substituents is 1. The van der Waals surface area contributed by atoms with Crippen molar-refractivity contribution >= 4 is 17.7 Å². The van der Waals surface area contributed by atoms with Crippen molar-refractivity contribution in [3.05, 3.63) is 64.2 Å². The minimum Gasteiger partial charge on any atom is -0.258 e. The van der Waals surface area contributed by atoms with Gasteiger partial charge in [-0.1, -0.05) is 24.3 Å². The highest BCUT2D eigenvalue weighted by atomic mass is 16.6. The molecule has 0 N–H and O–H groups in total. The zero-order valence-electron chi connectivity index (χ0n) is 9.37. The number of hydrogen-bond donors (Lipinski definition) is 0. The first-order valence-corrected chi connectivity index (χ1v) is 5.27. The zero-order valence-corrected chi connectivity index (χ0v) is 9.37. The summed E-state index contributed by atoms with van der Waals surface area (Å²) in [5.74, 6) is 1.74. The van der Waals surface area contributed by atoms with E-state index in [2.05, 4.69) is 0 Å². The van der Waals surface area contributed by atoms with E-state index in [0.29, 0.717) is 0 Å². The summed E-state index contributed by atoms with van der Waals surface area (Å²) in [5, 5.41) is 10.6. The lowest BCUT2D eigenvalue weighted by Gasteiger charge is -2.04. The van der Waals surface area contributed by atoms with Crippen LogP contribution in [-0.4, -0.2) is 10.9 Å². The van der Waals surface area contributed by atoms with Gasteiger partial charge in [0, 0.05) is 18.2 Å². The summed E-state index contributed by atoms with van der Waals surface area (Å²) in [6.07, 6.45) is 1.34. The van der Waals surface area contributed by atoms with Crippen LogP contribution in [0.25, 0.3) is 17.2 Å². The molecule has 0 fully saturated rings. The molecule has 0 radical (unpaired) electrons. The SMILES string of the molecule is O=C=Cc1ccccc1-c1ccc([N+](=O)[O-])cc1. The Morgan fingerprint density at radius 3 is 2.33 bits per heavy atom. The van der Waals surface area contributed by atoms with Crippen LogP contribution in [0, 0.1) is 10.1 Å². The molecule has 0 amide bonds.